The fourth-order valence-corrected chi connectivity index (χ4v) is 2.41. The topological polar surface area (TPSA) is 91.4 Å². The molecule has 132 valence electrons. The second kappa shape index (κ2) is 6.83. The number of H-pyrrole nitrogens is 1. The normalized spacial score (nSPS) is 13.2. The average Bonchev–Trinajstić information content (AvgIpc) is 3.12. The summed E-state index contributed by atoms with van der Waals surface area (Å²) < 4.78 is 38.0. The molecule has 0 aliphatic rings. The molecule has 0 spiro atoms. The fraction of sp³-hybridized carbons (Fsp3) is 0.0556. The number of nitrogens with zero attached hydrogens (tertiary/aromatic N) is 2. The predicted molar refractivity (Wildman–Crippen MR) is 94.3 cm³/mol. The Kier molecular flexibility index (Phi) is 4.57. The third kappa shape index (κ3) is 3.49. The Morgan fingerprint density at radius 2 is 1.92 bits per heavy atom. The fourth-order valence-electron chi connectivity index (χ4n) is 2.41. The summed E-state index contributed by atoms with van der Waals surface area (Å²) in [6.07, 6.45) is 3.72. The van der Waals surface area contributed by atoms with Crippen molar-refractivity contribution in [2.45, 2.75) is 6.18 Å². The summed E-state index contributed by atoms with van der Waals surface area (Å²) in [5.74, 6) is -0.142. The van der Waals surface area contributed by atoms with E-state index in [1.807, 2.05) is 24.3 Å². The minimum atomic E-state index is -4.54. The molecular weight excluding hydrogens is 343 g/mol. The van der Waals surface area contributed by atoms with Gasteiger partial charge in [0.25, 0.3) is 0 Å². The summed E-state index contributed by atoms with van der Waals surface area (Å²) >= 11 is 0. The molecule has 3 rings (SSSR count). The zero-order valence-corrected chi connectivity index (χ0v) is 13.4. The van der Waals surface area contributed by atoms with Gasteiger partial charge < -0.3 is 16.1 Å². The maximum atomic E-state index is 12.7. The molecule has 26 heavy (non-hydrogen) atoms. The van der Waals surface area contributed by atoms with Gasteiger partial charge in [0.2, 0.25) is 0 Å². The number of nitrogens with one attached hydrogen (secondary N) is 2. The van der Waals surface area contributed by atoms with Gasteiger partial charge in [-0.3, -0.25) is 4.98 Å². The number of fused-ring (bicyclic) bond motifs is 1. The highest BCUT2D eigenvalue weighted by Gasteiger charge is 2.33. The Morgan fingerprint density at radius 3 is 2.62 bits per heavy atom. The molecule has 2 heterocycles. The summed E-state index contributed by atoms with van der Waals surface area (Å²) in [5.41, 5.74) is 5.85. The van der Waals surface area contributed by atoms with Crippen molar-refractivity contribution in [2.24, 2.45) is 5.73 Å². The SMILES string of the molecule is N=CC(C=Cc1cncc2ccccc12)=C(N)c1ncc(C(F)(F)F)[nH]1. The number of pyridine rings is 1. The lowest BCUT2D eigenvalue weighted by molar-refractivity contribution is -0.140. The lowest BCUT2D eigenvalue weighted by Gasteiger charge is -2.04. The summed E-state index contributed by atoms with van der Waals surface area (Å²) in [4.78, 5) is 9.93. The molecule has 0 unspecified atom stereocenters. The van der Waals surface area contributed by atoms with E-state index in [4.69, 9.17) is 11.1 Å². The second-order valence-corrected chi connectivity index (χ2v) is 5.44. The van der Waals surface area contributed by atoms with Gasteiger partial charge in [0, 0.05) is 35.1 Å². The quantitative estimate of drug-likeness (QED) is 0.487. The molecule has 2 aromatic heterocycles. The van der Waals surface area contributed by atoms with Crippen molar-refractivity contribution in [1.82, 2.24) is 15.0 Å². The highest BCUT2D eigenvalue weighted by atomic mass is 19.4. The zero-order valence-electron chi connectivity index (χ0n) is 13.4. The van der Waals surface area contributed by atoms with Gasteiger partial charge in [-0.15, -0.1) is 0 Å². The number of imidazole rings is 1. The van der Waals surface area contributed by atoms with E-state index < -0.39 is 11.9 Å². The monoisotopic (exact) mass is 357 g/mol. The Morgan fingerprint density at radius 1 is 1.15 bits per heavy atom. The van der Waals surface area contributed by atoms with Crippen molar-refractivity contribution in [2.75, 3.05) is 0 Å². The highest BCUT2D eigenvalue weighted by molar-refractivity contribution is 5.94. The third-order valence-electron chi connectivity index (χ3n) is 3.74. The van der Waals surface area contributed by atoms with E-state index in [1.165, 1.54) is 0 Å². The number of allylic oxidation sites excluding steroid dienone is 2. The number of hydrogen-bond donors (Lipinski definition) is 3. The number of rotatable bonds is 4. The van der Waals surface area contributed by atoms with E-state index in [1.54, 1.807) is 24.5 Å². The Balaban J connectivity index is 1.97. The third-order valence-corrected chi connectivity index (χ3v) is 3.74. The number of nitrogens with two attached hydrogens (primary N) is 1. The van der Waals surface area contributed by atoms with Crippen molar-refractivity contribution in [3.05, 3.63) is 71.6 Å². The smallest absolute Gasteiger partial charge is 0.395 e. The van der Waals surface area contributed by atoms with Crippen molar-refractivity contribution in [3.63, 3.8) is 0 Å². The van der Waals surface area contributed by atoms with Crippen LogP contribution in [0.2, 0.25) is 0 Å². The van der Waals surface area contributed by atoms with Crippen LogP contribution in [0.15, 0.2) is 54.5 Å². The Hall–Kier alpha value is -3.42. The molecule has 0 amide bonds. The first kappa shape index (κ1) is 17.4. The van der Waals surface area contributed by atoms with Crippen molar-refractivity contribution >= 4 is 28.8 Å². The number of hydrogen-bond acceptors (Lipinski definition) is 4. The molecule has 0 fully saturated rings. The van der Waals surface area contributed by atoms with Gasteiger partial charge in [-0.2, -0.15) is 13.2 Å². The van der Waals surface area contributed by atoms with E-state index in [9.17, 15) is 13.2 Å². The molecular formula is C18H14F3N5. The Bertz CT molecular complexity index is 1010. The molecule has 5 nitrogen and oxygen atoms in total. The minimum absolute atomic E-state index is 0.0556. The van der Waals surface area contributed by atoms with Crippen LogP contribution >= 0.6 is 0 Å². The standard InChI is InChI=1S/C18H14F3N5/c19-18(20,21)15-10-25-17(26-15)16(23)11(7-22)5-6-13-9-24-8-12-3-1-2-4-14(12)13/h1-10,22H,23H2,(H,25,26). The van der Waals surface area contributed by atoms with E-state index in [0.29, 0.717) is 6.20 Å². The zero-order chi connectivity index (χ0) is 18.7. The van der Waals surface area contributed by atoms with Gasteiger partial charge in [0.15, 0.2) is 5.82 Å². The molecule has 0 radical (unpaired) electrons. The van der Waals surface area contributed by atoms with Crippen molar-refractivity contribution < 1.29 is 13.2 Å². The molecule has 0 bridgehead atoms. The van der Waals surface area contributed by atoms with Gasteiger partial charge in [0.1, 0.15) is 5.69 Å². The molecule has 0 aliphatic carbocycles. The van der Waals surface area contributed by atoms with Gasteiger partial charge in [-0.25, -0.2) is 4.98 Å². The molecule has 0 atom stereocenters. The molecule has 0 saturated carbocycles. The number of aromatic nitrogens is 3. The molecule has 0 aliphatic heterocycles. The van der Waals surface area contributed by atoms with Crippen LogP contribution < -0.4 is 5.73 Å². The van der Waals surface area contributed by atoms with Crippen LogP contribution in [0.25, 0.3) is 22.5 Å². The van der Waals surface area contributed by atoms with E-state index in [2.05, 4.69) is 15.0 Å². The molecule has 8 heteroatoms. The summed E-state index contributed by atoms with van der Waals surface area (Å²) in [6, 6.07) is 7.63. The highest BCUT2D eigenvalue weighted by Crippen LogP contribution is 2.28. The minimum Gasteiger partial charge on any atom is -0.395 e. The van der Waals surface area contributed by atoms with Crippen molar-refractivity contribution in [1.29, 1.82) is 5.41 Å². The predicted octanol–water partition coefficient (Wildman–Crippen LogP) is 4.01. The van der Waals surface area contributed by atoms with E-state index in [-0.39, 0.29) is 17.1 Å². The summed E-state index contributed by atoms with van der Waals surface area (Å²) in [5, 5.41) is 9.41. The van der Waals surface area contributed by atoms with Crippen LogP contribution in [0.4, 0.5) is 13.2 Å². The number of benzene rings is 1. The lowest BCUT2D eigenvalue weighted by Crippen LogP contribution is -2.07. The van der Waals surface area contributed by atoms with Gasteiger partial charge in [0.05, 0.1) is 11.9 Å². The van der Waals surface area contributed by atoms with Crippen LogP contribution in [0.3, 0.4) is 0 Å². The first-order chi connectivity index (χ1) is 12.4. The van der Waals surface area contributed by atoms with Crippen LogP contribution in [-0.2, 0) is 6.18 Å². The molecule has 1 aromatic carbocycles. The van der Waals surface area contributed by atoms with E-state index >= 15 is 0 Å². The van der Waals surface area contributed by atoms with Crippen molar-refractivity contribution in [3.8, 4) is 0 Å². The first-order valence-electron chi connectivity index (χ1n) is 7.54. The van der Waals surface area contributed by atoms with Crippen LogP contribution in [0, 0.1) is 5.41 Å². The average molecular weight is 357 g/mol. The number of halogens is 3. The largest absolute Gasteiger partial charge is 0.432 e. The lowest BCUT2D eigenvalue weighted by atomic mass is 10.1. The second-order valence-electron chi connectivity index (χ2n) is 5.44. The summed E-state index contributed by atoms with van der Waals surface area (Å²) in [6.45, 7) is 0. The van der Waals surface area contributed by atoms with Gasteiger partial charge >= 0.3 is 6.18 Å². The maximum absolute atomic E-state index is 12.7. The molecule has 0 saturated heterocycles. The van der Waals surface area contributed by atoms with Crippen LogP contribution in [-0.4, -0.2) is 21.2 Å². The van der Waals surface area contributed by atoms with Gasteiger partial charge in [-0.05, 0) is 5.39 Å². The van der Waals surface area contributed by atoms with E-state index in [0.717, 1.165) is 22.6 Å². The molecule has 4 N–H and O–H groups in total. The Labute approximate surface area is 146 Å². The number of aromatic amines is 1. The first-order valence-corrected chi connectivity index (χ1v) is 7.54. The van der Waals surface area contributed by atoms with Crippen LogP contribution in [0.5, 0.6) is 0 Å². The van der Waals surface area contributed by atoms with Gasteiger partial charge in [-0.1, -0.05) is 36.4 Å². The number of alkyl halides is 3. The molecule has 3 aromatic rings. The maximum Gasteiger partial charge on any atom is 0.432 e. The summed E-state index contributed by atoms with van der Waals surface area (Å²) in [7, 11) is 0. The van der Waals surface area contributed by atoms with Crippen LogP contribution in [0.1, 0.15) is 17.1 Å².